The van der Waals surface area contributed by atoms with Gasteiger partial charge in [0.15, 0.2) is 6.54 Å². The van der Waals surface area contributed by atoms with Gasteiger partial charge in [0.05, 0.1) is 32.1 Å². The molecule has 2 aliphatic rings. The molecule has 1 aliphatic carbocycles. The summed E-state index contributed by atoms with van der Waals surface area (Å²) in [5.74, 6) is -0.875. The molecule has 3 N–H and O–H groups in total. The molecule has 3 atom stereocenters. The zero-order chi connectivity index (χ0) is 15.7. The number of hydrogen-bond acceptors (Lipinski definition) is 2. The fourth-order valence-corrected chi connectivity index (χ4v) is 4.04. The van der Waals surface area contributed by atoms with Crippen LogP contribution >= 0.6 is 0 Å². The van der Waals surface area contributed by atoms with Gasteiger partial charge in [-0.2, -0.15) is 13.2 Å². The van der Waals surface area contributed by atoms with Crippen molar-refractivity contribution in [1.82, 2.24) is 0 Å². The summed E-state index contributed by atoms with van der Waals surface area (Å²) in [6.45, 7) is 0.207. The van der Waals surface area contributed by atoms with E-state index >= 15 is 0 Å². The Morgan fingerprint density at radius 2 is 1.90 bits per heavy atom. The van der Waals surface area contributed by atoms with Gasteiger partial charge in [0.2, 0.25) is 0 Å². The Morgan fingerprint density at radius 3 is 2.38 bits per heavy atom. The van der Waals surface area contributed by atoms with E-state index in [4.69, 9.17) is 10.8 Å². The molecule has 1 aliphatic heterocycles. The maximum Gasteiger partial charge on any atom is 0.438 e. The molecule has 0 aromatic heterocycles. The fraction of sp³-hybridized carbons (Fsp3) is 0.929. The molecule has 0 aromatic carbocycles. The Bertz CT molecular complexity index is 385. The fourth-order valence-electron chi connectivity index (χ4n) is 4.04. The highest BCUT2D eigenvalue weighted by molar-refractivity contribution is 5.67. The Hall–Kier alpha value is -0.820. The molecule has 0 aromatic rings. The predicted octanol–water partition coefficient (Wildman–Crippen LogP) is 1.99. The number of halogens is 3. The van der Waals surface area contributed by atoms with Gasteiger partial charge in [0.1, 0.15) is 0 Å². The van der Waals surface area contributed by atoms with Gasteiger partial charge >= 0.3 is 12.1 Å². The number of nitrogens with zero attached hydrogens (tertiary/aromatic N) is 1. The van der Waals surface area contributed by atoms with E-state index in [9.17, 15) is 18.0 Å². The lowest BCUT2D eigenvalue weighted by atomic mass is 9.82. The van der Waals surface area contributed by atoms with Gasteiger partial charge in [-0.25, -0.2) is 0 Å². The van der Waals surface area contributed by atoms with Crippen LogP contribution in [0.15, 0.2) is 0 Å². The summed E-state index contributed by atoms with van der Waals surface area (Å²) in [5.41, 5.74) is 5.95. The first-order chi connectivity index (χ1) is 9.67. The third kappa shape index (κ3) is 4.85. The van der Waals surface area contributed by atoms with Crippen molar-refractivity contribution in [2.24, 2.45) is 17.6 Å². The molecule has 2 fully saturated rings. The van der Waals surface area contributed by atoms with E-state index in [1.54, 1.807) is 0 Å². The molecule has 1 saturated heterocycles. The van der Waals surface area contributed by atoms with Gasteiger partial charge < -0.3 is 15.3 Å². The van der Waals surface area contributed by atoms with E-state index in [2.05, 4.69) is 0 Å². The summed E-state index contributed by atoms with van der Waals surface area (Å²) in [6.07, 6.45) is -0.770. The quantitative estimate of drug-likeness (QED) is 0.763. The molecule has 122 valence electrons. The molecule has 3 unspecified atom stereocenters. The molecule has 1 heterocycles. The van der Waals surface area contributed by atoms with E-state index in [1.807, 2.05) is 0 Å². The van der Waals surface area contributed by atoms with Crippen LogP contribution in [0.2, 0.25) is 0 Å². The number of nitrogens with two attached hydrogens (primary N) is 1. The van der Waals surface area contributed by atoms with Crippen molar-refractivity contribution >= 4 is 5.97 Å². The van der Waals surface area contributed by atoms with Crippen LogP contribution in [0.5, 0.6) is 0 Å². The number of alkyl halides is 3. The Morgan fingerprint density at radius 1 is 1.24 bits per heavy atom. The highest BCUT2D eigenvalue weighted by atomic mass is 19.4. The third-order valence-electron chi connectivity index (χ3n) is 4.75. The number of carboxylic acid groups (broad SMARTS) is 1. The Kier molecular flexibility index (Phi) is 4.82. The highest BCUT2D eigenvalue weighted by Gasteiger charge is 2.48. The second-order valence-electron chi connectivity index (χ2n) is 6.92. The summed E-state index contributed by atoms with van der Waals surface area (Å²) in [6, 6.07) is -0.342. The largest absolute Gasteiger partial charge is 0.481 e. The van der Waals surface area contributed by atoms with Gasteiger partial charge in [-0.05, 0) is 19.3 Å². The van der Waals surface area contributed by atoms with Gasteiger partial charge in [0, 0.05) is 11.8 Å². The van der Waals surface area contributed by atoms with E-state index in [0.717, 1.165) is 19.3 Å². The van der Waals surface area contributed by atoms with Crippen LogP contribution in [0.25, 0.3) is 0 Å². The van der Waals surface area contributed by atoms with Gasteiger partial charge in [0.25, 0.3) is 0 Å². The standard InChI is InChI=1S/C14H23F3N2O2/c15-14(16,17)9-19(6-10-2-1-3-10)7-11(5-13(20)21)4-12(18)8-19/h10-12H,1-9,18H2/p+1. The van der Waals surface area contributed by atoms with E-state index in [-0.39, 0.29) is 29.4 Å². The van der Waals surface area contributed by atoms with Crippen LogP contribution in [0.1, 0.15) is 32.1 Å². The van der Waals surface area contributed by atoms with Crippen molar-refractivity contribution in [3.63, 3.8) is 0 Å². The monoisotopic (exact) mass is 309 g/mol. The molecular weight excluding hydrogens is 285 g/mol. The number of rotatable bonds is 5. The maximum atomic E-state index is 13.0. The van der Waals surface area contributed by atoms with E-state index < -0.39 is 18.7 Å². The third-order valence-corrected chi connectivity index (χ3v) is 4.75. The average molecular weight is 309 g/mol. The van der Waals surface area contributed by atoms with Crippen molar-refractivity contribution in [2.75, 3.05) is 26.2 Å². The second-order valence-corrected chi connectivity index (χ2v) is 6.92. The summed E-state index contributed by atoms with van der Waals surface area (Å²) in [5, 5.41) is 8.92. The SMILES string of the molecule is NC1CC(CC(=O)O)C[N+](CC2CCC2)(CC(F)(F)F)C1. The lowest BCUT2D eigenvalue weighted by Crippen LogP contribution is -2.65. The molecule has 21 heavy (non-hydrogen) atoms. The summed E-state index contributed by atoms with van der Waals surface area (Å²) >= 11 is 0. The molecule has 0 bridgehead atoms. The normalized spacial score (nSPS) is 34.5. The Labute approximate surface area is 122 Å². The first kappa shape index (κ1) is 16.5. The molecule has 0 amide bonds. The number of likely N-dealkylation sites (tertiary alicyclic amines) is 1. The predicted molar refractivity (Wildman–Crippen MR) is 71.5 cm³/mol. The number of carboxylic acids is 1. The minimum absolute atomic E-state index is 0.0761. The Balaban J connectivity index is 2.13. The number of piperidine rings is 1. The number of hydrogen-bond donors (Lipinski definition) is 2. The van der Waals surface area contributed by atoms with Gasteiger partial charge in [-0.15, -0.1) is 0 Å². The maximum absolute atomic E-state index is 13.0. The van der Waals surface area contributed by atoms with Gasteiger partial charge in [-0.1, -0.05) is 6.42 Å². The molecule has 0 radical (unpaired) electrons. The molecule has 4 nitrogen and oxygen atoms in total. The molecule has 1 saturated carbocycles. The van der Waals surface area contributed by atoms with Crippen molar-refractivity contribution < 1.29 is 27.6 Å². The smallest absolute Gasteiger partial charge is 0.438 e. The zero-order valence-corrected chi connectivity index (χ0v) is 12.1. The van der Waals surface area contributed by atoms with Crippen molar-refractivity contribution in [1.29, 1.82) is 0 Å². The van der Waals surface area contributed by atoms with Gasteiger partial charge in [-0.3, -0.25) is 4.79 Å². The summed E-state index contributed by atoms with van der Waals surface area (Å²) in [4.78, 5) is 10.9. The molecule has 0 spiro atoms. The van der Waals surface area contributed by atoms with E-state index in [0.29, 0.717) is 25.4 Å². The average Bonchev–Trinajstić information content (AvgIpc) is 2.19. The van der Waals surface area contributed by atoms with Crippen LogP contribution in [0.3, 0.4) is 0 Å². The lowest BCUT2D eigenvalue weighted by Gasteiger charge is -2.49. The minimum Gasteiger partial charge on any atom is -0.481 e. The van der Waals surface area contributed by atoms with Crippen LogP contribution in [-0.4, -0.2) is 54.0 Å². The molecule has 2 rings (SSSR count). The van der Waals surface area contributed by atoms with Crippen LogP contribution in [0, 0.1) is 11.8 Å². The second kappa shape index (κ2) is 6.12. The summed E-state index contributed by atoms with van der Waals surface area (Å²) < 4.78 is 38.9. The zero-order valence-electron chi connectivity index (χ0n) is 12.1. The number of quaternary nitrogens is 1. The van der Waals surface area contributed by atoms with Crippen LogP contribution in [-0.2, 0) is 4.79 Å². The number of carbonyl (C=O) groups is 1. The van der Waals surface area contributed by atoms with Crippen LogP contribution in [0.4, 0.5) is 13.2 Å². The summed E-state index contributed by atoms with van der Waals surface area (Å²) in [7, 11) is 0. The topological polar surface area (TPSA) is 63.3 Å². The van der Waals surface area contributed by atoms with Crippen LogP contribution < -0.4 is 5.73 Å². The van der Waals surface area contributed by atoms with Crippen molar-refractivity contribution in [3.05, 3.63) is 0 Å². The van der Waals surface area contributed by atoms with Crippen molar-refractivity contribution in [2.45, 2.75) is 44.3 Å². The first-order valence-electron chi connectivity index (χ1n) is 7.57. The van der Waals surface area contributed by atoms with Crippen molar-refractivity contribution in [3.8, 4) is 0 Å². The molecular formula is C14H24F3N2O2+. The molecule has 7 heteroatoms. The lowest BCUT2D eigenvalue weighted by molar-refractivity contribution is -0.948. The highest BCUT2D eigenvalue weighted by Crippen LogP contribution is 2.36. The minimum atomic E-state index is -4.24. The van der Waals surface area contributed by atoms with E-state index in [1.165, 1.54) is 0 Å². The first-order valence-corrected chi connectivity index (χ1v) is 7.57. The number of aliphatic carboxylic acids is 1.